The highest BCUT2D eigenvalue weighted by Gasteiger charge is 2.31. The predicted molar refractivity (Wildman–Crippen MR) is 56.7 cm³/mol. The molecule has 1 saturated carbocycles. The maximum absolute atomic E-state index is 13.4. The maximum atomic E-state index is 13.4. The molecule has 0 heterocycles. The van der Waals surface area contributed by atoms with Gasteiger partial charge < -0.3 is 5.32 Å². The van der Waals surface area contributed by atoms with Gasteiger partial charge in [0.1, 0.15) is 5.69 Å². The second-order valence-corrected chi connectivity index (χ2v) is 4.34. The smallest absolute Gasteiger partial charge is 0.185 e. The van der Waals surface area contributed by atoms with Crippen molar-refractivity contribution < 1.29 is 17.6 Å². The molecule has 1 aromatic rings. The summed E-state index contributed by atoms with van der Waals surface area (Å²) in [6, 6.07) is 0.0775. The molecular weight excluding hydrogens is 234 g/mol. The zero-order valence-corrected chi connectivity index (χ0v) is 9.37. The standard InChI is InChI=1S/C12H13F4N/c1-2-9(6-3-4-6)17-12-10(15)7(13)5-8(14)11(12)16/h5-6,9,17H,2-4H2,1H3. The summed E-state index contributed by atoms with van der Waals surface area (Å²) < 4.78 is 52.7. The van der Waals surface area contributed by atoms with E-state index < -0.39 is 29.0 Å². The number of benzene rings is 1. The fraction of sp³-hybridized carbons (Fsp3) is 0.500. The molecule has 1 nitrogen and oxygen atoms in total. The second kappa shape index (κ2) is 4.55. The molecule has 1 unspecified atom stereocenters. The molecule has 1 aliphatic carbocycles. The minimum Gasteiger partial charge on any atom is -0.377 e. The number of halogens is 4. The van der Waals surface area contributed by atoms with E-state index in [-0.39, 0.29) is 12.1 Å². The Hall–Kier alpha value is -1.26. The van der Waals surface area contributed by atoms with Crippen molar-refractivity contribution in [2.45, 2.75) is 32.2 Å². The number of anilines is 1. The molecule has 2 rings (SSSR count). The summed E-state index contributed by atoms with van der Waals surface area (Å²) >= 11 is 0. The van der Waals surface area contributed by atoms with Crippen LogP contribution in [0.25, 0.3) is 0 Å². The van der Waals surface area contributed by atoms with E-state index in [0.717, 1.165) is 12.8 Å². The van der Waals surface area contributed by atoms with Crippen LogP contribution in [0.4, 0.5) is 23.2 Å². The predicted octanol–water partition coefficient (Wildman–Crippen LogP) is 3.84. The van der Waals surface area contributed by atoms with Crippen molar-refractivity contribution in [1.29, 1.82) is 0 Å². The van der Waals surface area contributed by atoms with Crippen LogP contribution < -0.4 is 5.32 Å². The molecule has 0 radical (unpaired) electrons. The first-order valence-corrected chi connectivity index (χ1v) is 5.64. The van der Waals surface area contributed by atoms with Gasteiger partial charge in [-0.25, -0.2) is 17.6 Å². The topological polar surface area (TPSA) is 12.0 Å². The van der Waals surface area contributed by atoms with Gasteiger partial charge in [-0.2, -0.15) is 0 Å². The van der Waals surface area contributed by atoms with Gasteiger partial charge in [0.25, 0.3) is 0 Å². The molecular formula is C12H13F4N. The van der Waals surface area contributed by atoms with Crippen molar-refractivity contribution >= 4 is 5.69 Å². The van der Waals surface area contributed by atoms with Gasteiger partial charge in [0.2, 0.25) is 0 Å². The molecule has 1 atom stereocenters. The molecule has 0 bridgehead atoms. The lowest BCUT2D eigenvalue weighted by Gasteiger charge is -2.18. The summed E-state index contributed by atoms with van der Waals surface area (Å²) in [4.78, 5) is 0. The van der Waals surface area contributed by atoms with E-state index in [1.807, 2.05) is 6.92 Å². The van der Waals surface area contributed by atoms with E-state index in [0.29, 0.717) is 12.3 Å². The van der Waals surface area contributed by atoms with Gasteiger partial charge in [0, 0.05) is 12.1 Å². The molecule has 0 saturated heterocycles. The van der Waals surface area contributed by atoms with Gasteiger partial charge in [0.15, 0.2) is 23.3 Å². The van der Waals surface area contributed by atoms with Crippen LogP contribution >= 0.6 is 0 Å². The lowest BCUT2D eigenvalue weighted by Crippen LogP contribution is -2.23. The Labute approximate surface area is 96.8 Å². The summed E-state index contributed by atoms with van der Waals surface area (Å²) in [6.45, 7) is 1.86. The highest BCUT2D eigenvalue weighted by Crippen LogP contribution is 2.36. The fourth-order valence-corrected chi connectivity index (χ4v) is 1.94. The molecule has 5 heteroatoms. The molecule has 1 fully saturated rings. The molecule has 0 aromatic heterocycles. The Bertz CT molecular complexity index is 403. The van der Waals surface area contributed by atoms with Crippen LogP contribution in [0.3, 0.4) is 0 Å². The highest BCUT2D eigenvalue weighted by molar-refractivity contribution is 5.48. The van der Waals surface area contributed by atoms with E-state index >= 15 is 0 Å². The van der Waals surface area contributed by atoms with Gasteiger partial charge >= 0.3 is 0 Å². The van der Waals surface area contributed by atoms with E-state index in [2.05, 4.69) is 5.32 Å². The lowest BCUT2D eigenvalue weighted by atomic mass is 10.1. The van der Waals surface area contributed by atoms with E-state index in [1.54, 1.807) is 0 Å². The largest absolute Gasteiger partial charge is 0.377 e. The van der Waals surface area contributed by atoms with Crippen molar-refractivity contribution in [1.82, 2.24) is 0 Å². The molecule has 0 aliphatic heterocycles. The summed E-state index contributed by atoms with van der Waals surface area (Å²) in [6.07, 6.45) is 2.61. The van der Waals surface area contributed by atoms with Gasteiger partial charge in [-0.15, -0.1) is 0 Å². The number of nitrogens with one attached hydrogen (secondary N) is 1. The van der Waals surface area contributed by atoms with Crippen LogP contribution in [0.2, 0.25) is 0 Å². The molecule has 0 amide bonds. The minimum absolute atomic E-state index is 0.139. The van der Waals surface area contributed by atoms with Crippen LogP contribution in [-0.2, 0) is 0 Å². The van der Waals surface area contributed by atoms with Crippen LogP contribution in [0.1, 0.15) is 26.2 Å². The van der Waals surface area contributed by atoms with Gasteiger partial charge in [-0.1, -0.05) is 6.92 Å². The average Bonchev–Trinajstić information content (AvgIpc) is 3.11. The molecule has 94 valence electrons. The summed E-state index contributed by atoms with van der Waals surface area (Å²) in [5.74, 6) is -5.13. The number of rotatable bonds is 4. The molecule has 1 aromatic carbocycles. The monoisotopic (exact) mass is 247 g/mol. The number of hydrogen-bond donors (Lipinski definition) is 1. The third-order valence-electron chi connectivity index (χ3n) is 3.07. The van der Waals surface area contributed by atoms with E-state index in [4.69, 9.17) is 0 Å². The number of hydrogen-bond acceptors (Lipinski definition) is 1. The van der Waals surface area contributed by atoms with Crippen LogP contribution in [-0.4, -0.2) is 6.04 Å². The molecule has 17 heavy (non-hydrogen) atoms. The first-order valence-electron chi connectivity index (χ1n) is 5.64. The fourth-order valence-electron chi connectivity index (χ4n) is 1.94. The highest BCUT2D eigenvalue weighted by atomic mass is 19.2. The molecule has 1 N–H and O–H groups in total. The Morgan fingerprint density at radius 2 is 1.71 bits per heavy atom. The van der Waals surface area contributed by atoms with Crippen LogP contribution in [0, 0.1) is 29.2 Å². The normalized spacial score (nSPS) is 17.0. The van der Waals surface area contributed by atoms with E-state index in [1.165, 1.54) is 0 Å². The summed E-state index contributed by atoms with van der Waals surface area (Å²) in [7, 11) is 0. The van der Waals surface area contributed by atoms with Crippen molar-refractivity contribution in [3.05, 3.63) is 29.3 Å². The summed E-state index contributed by atoms with van der Waals surface area (Å²) in [5.41, 5.74) is -0.693. The maximum Gasteiger partial charge on any atom is 0.185 e. The molecule has 1 aliphatic rings. The third kappa shape index (κ3) is 2.37. The zero-order chi connectivity index (χ0) is 12.6. The Morgan fingerprint density at radius 3 is 2.12 bits per heavy atom. The Morgan fingerprint density at radius 1 is 1.18 bits per heavy atom. The van der Waals surface area contributed by atoms with Crippen LogP contribution in [0.5, 0.6) is 0 Å². The SMILES string of the molecule is CCC(Nc1c(F)c(F)cc(F)c1F)C1CC1. The first kappa shape index (κ1) is 12.2. The minimum atomic E-state index is -1.38. The van der Waals surface area contributed by atoms with Gasteiger partial charge in [-0.05, 0) is 25.2 Å². The van der Waals surface area contributed by atoms with Crippen molar-refractivity contribution in [3.63, 3.8) is 0 Å². The third-order valence-corrected chi connectivity index (χ3v) is 3.07. The van der Waals surface area contributed by atoms with Gasteiger partial charge in [-0.3, -0.25) is 0 Å². The first-order chi connectivity index (χ1) is 8.04. The Kier molecular flexibility index (Phi) is 3.26. The van der Waals surface area contributed by atoms with Crippen LogP contribution in [0.15, 0.2) is 6.07 Å². The van der Waals surface area contributed by atoms with Crippen molar-refractivity contribution in [2.75, 3.05) is 5.32 Å². The average molecular weight is 247 g/mol. The van der Waals surface area contributed by atoms with Gasteiger partial charge in [0.05, 0.1) is 0 Å². The summed E-state index contributed by atoms with van der Waals surface area (Å²) in [5, 5.41) is 2.58. The molecule has 0 spiro atoms. The quantitative estimate of drug-likeness (QED) is 0.629. The van der Waals surface area contributed by atoms with Crippen molar-refractivity contribution in [2.24, 2.45) is 5.92 Å². The van der Waals surface area contributed by atoms with Crippen molar-refractivity contribution in [3.8, 4) is 0 Å². The zero-order valence-electron chi connectivity index (χ0n) is 9.37. The lowest BCUT2D eigenvalue weighted by molar-refractivity contribution is 0.454. The van der Waals surface area contributed by atoms with E-state index in [9.17, 15) is 17.6 Å². The Balaban J connectivity index is 2.30. The second-order valence-electron chi connectivity index (χ2n) is 4.34.